The first-order chi connectivity index (χ1) is 11.8. The molecular formula is C16H18ClFN4O3. The summed E-state index contributed by atoms with van der Waals surface area (Å²) in [6.45, 7) is 3.05. The zero-order chi connectivity index (χ0) is 18.6. The molecule has 0 saturated heterocycles. The van der Waals surface area contributed by atoms with Crippen LogP contribution in [-0.4, -0.2) is 34.7 Å². The molecule has 0 aliphatic carbocycles. The number of nitrogens with one attached hydrogen (secondary N) is 2. The summed E-state index contributed by atoms with van der Waals surface area (Å²) in [6, 6.07) is 3.58. The molecule has 2 aromatic rings. The third kappa shape index (κ3) is 4.93. The van der Waals surface area contributed by atoms with Crippen molar-refractivity contribution in [3.63, 3.8) is 0 Å². The number of rotatable bonds is 6. The first-order valence-corrected chi connectivity index (χ1v) is 7.80. The van der Waals surface area contributed by atoms with Crippen molar-refractivity contribution in [2.75, 3.05) is 18.5 Å². The van der Waals surface area contributed by atoms with E-state index in [0.717, 1.165) is 11.8 Å². The first kappa shape index (κ1) is 18.7. The van der Waals surface area contributed by atoms with Gasteiger partial charge in [0.2, 0.25) is 5.91 Å². The van der Waals surface area contributed by atoms with E-state index in [9.17, 15) is 14.0 Å². The number of halogens is 2. The van der Waals surface area contributed by atoms with Gasteiger partial charge in [0.1, 0.15) is 11.6 Å². The van der Waals surface area contributed by atoms with Crippen LogP contribution >= 0.6 is 11.6 Å². The van der Waals surface area contributed by atoms with Crippen molar-refractivity contribution < 1.29 is 18.7 Å². The van der Waals surface area contributed by atoms with E-state index < -0.39 is 11.7 Å². The van der Waals surface area contributed by atoms with E-state index >= 15 is 0 Å². The van der Waals surface area contributed by atoms with Gasteiger partial charge in [-0.1, -0.05) is 11.6 Å². The first-order valence-electron chi connectivity index (χ1n) is 7.42. The Morgan fingerprint density at radius 3 is 2.64 bits per heavy atom. The summed E-state index contributed by atoms with van der Waals surface area (Å²) in [6.07, 6.45) is 0. The number of nitrogens with zero attached hydrogens (tertiary/aromatic N) is 2. The Morgan fingerprint density at radius 2 is 2.04 bits per heavy atom. The van der Waals surface area contributed by atoms with Gasteiger partial charge in [0.15, 0.2) is 6.61 Å². The van der Waals surface area contributed by atoms with Gasteiger partial charge >= 0.3 is 0 Å². The van der Waals surface area contributed by atoms with Gasteiger partial charge in [-0.05, 0) is 32.0 Å². The van der Waals surface area contributed by atoms with Crippen LogP contribution in [0.3, 0.4) is 0 Å². The number of ether oxygens (including phenoxy) is 1. The number of aryl methyl sites for hydroxylation is 2. The Balaban J connectivity index is 1.80. The smallest absolute Gasteiger partial charge is 0.258 e. The maximum absolute atomic E-state index is 12.9. The van der Waals surface area contributed by atoms with Crippen molar-refractivity contribution in [2.24, 2.45) is 7.05 Å². The molecule has 134 valence electrons. The molecular weight excluding hydrogens is 351 g/mol. The lowest BCUT2D eigenvalue weighted by Gasteiger charge is -2.09. The zero-order valence-corrected chi connectivity index (χ0v) is 14.8. The molecule has 2 N–H and O–H groups in total. The molecule has 0 unspecified atom stereocenters. The lowest BCUT2D eigenvalue weighted by molar-refractivity contribution is -0.125. The predicted octanol–water partition coefficient (Wildman–Crippen LogP) is 1.96. The quantitative estimate of drug-likeness (QED) is 0.816. The van der Waals surface area contributed by atoms with Crippen LogP contribution in [0, 0.1) is 19.7 Å². The minimum Gasteiger partial charge on any atom is -0.482 e. The second-order valence-electron chi connectivity index (χ2n) is 5.36. The Hall–Kier alpha value is -2.61. The molecule has 2 amide bonds. The number of anilines is 1. The van der Waals surface area contributed by atoms with Gasteiger partial charge < -0.3 is 15.4 Å². The summed E-state index contributed by atoms with van der Waals surface area (Å²) < 4.78 is 19.8. The van der Waals surface area contributed by atoms with Crippen LogP contribution in [0.1, 0.15) is 11.4 Å². The van der Waals surface area contributed by atoms with E-state index in [1.807, 2.05) is 6.92 Å². The van der Waals surface area contributed by atoms with Gasteiger partial charge in [-0.15, -0.1) is 0 Å². The molecule has 0 atom stereocenters. The summed E-state index contributed by atoms with van der Waals surface area (Å²) in [5.74, 6) is -1.20. The largest absolute Gasteiger partial charge is 0.482 e. The normalized spacial score (nSPS) is 10.4. The second kappa shape index (κ2) is 7.98. The highest BCUT2D eigenvalue weighted by atomic mass is 35.5. The highest BCUT2D eigenvalue weighted by Gasteiger charge is 2.13. The van der Waals surface area contributed by atoms with Gasteiger partial charge in [0.05, 0.1) is 28.6 Å². The second-order valence-corrected chi connectivity index (χ2v) is 5.76. The van der Waals surface area contributed by atoms with Crippen molar-refractivity contribution in [1.82, 2.24) is 15.1 Å². The van der Waals surface area contributed by atoms with E-state index in [-0.39, 0.29) is 29.8 Å². The molecule has 0 fully saturated rings. The van der Waals surface area contributed by atoms with Gasteiger partial charge in [-0.25, -0.2) is 4.39 Å². The fourth-order valence-corrected chi connectivity index (χ4v) is 2.33. The third-order valence-corrected chi connectivity index (χ3v) is 3.77. The molecule has 25 heavy (non-hydrogen) atoms. The number of carbonyl (C=O) groups is 2. The highest BCUT2D eigenvalue weighted by Crippen LogP contribution is 2.24. The molecule has 0 aliphatic heterocycles. The monoisotopic (exact) mass is 368 g/mol. The molecule has 0 bridgehead atoms. The molecule has 1 aromatic heterocycles. The average molecular weight is 369 g/mol. The number of benzene rings is 1. The van der Waals surface area contributed by atoms with Crippen molar-refractivity contribution in [1.29, 1.82) is 0 Å². The summed E-state index contributed by atoms with van der Waals surface area (Å²) in [4.78, 5) is 23.7. The van der Waals surface area contributed by atoms with Crippen molar-refractivity contribution in [2.45, 2.75) is 13.8 Å². The summed E-state index contributed by atoms with van der Waals surface area (Å²) in [5.41, 5.74) is 2.12. The van der Waals surface area contributed by atoms with Crippen molar-refractivity contribution in [3.8, 4) is 5.75 Å². The number of amides is 2. The van der Waals surface area contributed by atoms with E-state index in [1.54, 1.807) is 18.7 Å². The van der Waals surface area contributed by atoms with Gasteiger partial charge in [-0.3, -0.25) is 14.3 Å². The molecule has 7 nitrogen and oxygen atoms in total. The molecule has 1 heterocycles. The molecule has 0 radical (unpaired) electrons. The third-order valence-electron chi connectivity index (χ3n) is 3.47. The molecule has 0 spiro atoms. The van der Waals surface area contributed by atoms with Crippen LogP contribution in [0.2, 0.25) is 5.02 Å². The Kier molecular flexibility index (Phi) is 5.97. The standard InChI is InChI=1S/C16H18ClFN4O3/c1-9-16(10(2)22(3)21-9)20-14(23)7-19-15(24)8-25-13-5-4-11(18)6-12(13)17/h4-6H,7-8H2,1-3H3,(H,19,24)(H,20,23). The number of aromatic nitrogens is 2. The van der Waals surface area contributed by atoms with Crippen molar-refractivity contribution in [3.05, 3.63) is 40.4 Å². The lowest BCUT2D eigenvalue weighted by atomic mass is 10.3. The van der Waals surface area contributed by atoms with Crippen LogP contribution in [0.4, 0.5) is 10.1 Å². The summed E-state index contributed by atoms with van der Waals surface area (Å²) >= 11 is 5.79. The SMILES string of the molecule is Cc1nn(C)c(C)c1NC(=O)CNC(=O)COc1ccc(F)cc1Cl. The van der Waals surface area contributed by atoms with Gasteiger partial charge in [0, 0.05) is 7.05 Å². The maximum atomic E-state index is 12.9. The van der Waals surface area contributed by atoms with Crippen LogP contribution in [-0.2, 0) is 16.6 Å². The summed E-state index contributed by atoms with van der Waals surface area (Å²) in [5, 5.41) is 9.39. The molecule has 1 aromatic carbocycles. The maximum Gasteiger partial charge on any atom is 0.258 e. The fourth-order valence-electron chi connectivity index (χ4n) is 2.10. The van der Waals surface area contributed by atoms with Crippen LogP contribution in [0.25, 0.3) is 0 Å². The number of hydrogen-bond donors (Lipinski definition) is 2. The predicted molar refractivity (Wildman–Crippen MR) is 91.2 cm³/mol. The minimum absolute atomic E-state index is 0.0630. The molecule has 0 aliphatic rings. The van der Waals surface area contributed by atoms with Crippen LogP contribution in [0.5, 0.6) is 5.75 Å². The number of hydrogen-bond acceptors (Lipinski definition) is 4. The number of carbonyl (C=O) groups excluding carboxylic acids is 2. The van der Waals surface area contributed by atoms with Crippen molar-refractivity contribution >= 4 is 29.1 Å². The average Bonchev–Trinajstić information content (AvgIpc) is 2.78. The van der Waals surface area contributed by atoms with Gasteiger partial charge in [-0.2, -0.15) is 5.10 Å². The fraction of sp³-hybridized carbons (Fsp3) is 0.312. The van der Waals surface area contributed by atoms with E-state index in [4.69, 9.17) is 16.3 Å². The van der Waals surface area contributed by atoms with E-state index in [1.165, 1.54) is 12.1 Å². The summed E-state index contributed by atoms with van der Waals surface area (Å²) in [7, 11) is 1.78. The van der Waals surface area contributed by atoms with Crippen LogP contribution < -0.4 is 15.4 Å². The molecule has 0 saturated carbocycles. The zero-order valence-electron chi connectivity index (χ0n) is 14.0. The van der Waals surface area contributed by atoms with Crippen LogP contribution in [0.15, 0.2) is 18.2 Å². The van der Waals surface area contributed by atoms with E-state index in [2.05, 4.69) is 15.7 Å². The van der Waals surface area contributed by atoms with E-state index in [0.29, 0.717) is 11.4 Å². The molecule has 2 rings (SSSR count). The lowest BCUT2D eigenvalue weighted by Crippen LogP contribution is -2.36. The minimum atomic E-state index is -0.504. The Bertz CT molecular complexity index is 807. The van der Waals surface area contributed by atoms with Gasteiger partial charge in [0.25, 0.3) is 5.91 Å². The Morgan fingerprint density at radius 1 is 1.32 bits per heavy atom. The Labute approximate surface area is 149 Å². The highest BCUT2D eigenvalue weighted by molar-refractivity contribution is 6.32. The topological polar surface area (TPSA) is 85.3 Å². The molecule has 9 heteroatoms.